The molecule has 20 heavy (non-hydrogen) atoms. The van der Waals surface area contributed by atoms with E-state index in [1.807, 2.05) is 12.1 Å². The fourth-order valence-electron chi connectivity index (χ4n) is 1.51. The first kappa shape index (κ1) is 14.5. The monoisotopic (exact) mass is 354 g/mol. The number of nitro benzene ring substituents is 1. The quantitative estimate of drug-likeness (QED) is 0.501. The predicted molar refractivity (Wildman–Crippen MR) is 81.2 cm³/mol. The van der Waals surface area contributed by atoms with E-state index in [2.05, 4.69) is 20.9 Å². The molecule has 5 nitrogen and oxygen atoms in total. The van der Waals surface area contributed by atoms with Crippen LogP contribution in [0.15, 0.2) is 45.9 Å². The van der Waals surface area contributed by atoms with Crippen molar-refractivity contribution in [2.75, 3.05) is 0 Å². The summed E-state index contributed by atoms with van der Waals surface area (Å²) in [5.41, 5.74) is 0.386. The Bertz CT molecular complexity index is 687. The molecule has 2 rings (SSSR count). The van der Waals surface area contributed by atoms with Crippen molar-refractivity contribution in [2.24, 2.45) is 4.99 Å². The number of hydrogen-bond donors (Lipinski definition) is 1. The second-order valence-corrected chi connectivity index (χ2v) is 5.21. The maximum absolute atomic E-state index is 10.8. The van der Waals surface area contributed by atoms with E-state index < -0.39 is 16.4 Å². The minimum Gasteiger partial charge on any atom is -0.502 e. The first-order chi connectivity index (χ1) is 9.47. The van der Waals surface area contributed by atoms with Crippen LogP contribution >= 0.6 is 27.5 Å². The second kappa shape index (κ2) is 6.02. The van der Waals surface area contributed by atoms with E-state index >= 15 is 0 Å². The Hall–Kier alpha value is -1.92. The molecule has 0 aliphatic heterocycles. The molecule has 0 aliphatic carbocycles. The van der Waals surface area contributed by atoms with Gasteiger partial charge in [-0.1, -0.05) is 27.5 Å². The zero-order chi connectivity index (χ0) is 14.7. The molecule has 0 aromatic heterocycles. The highest BCUT2D eigenvalue weighted by molar-refractivity contribution is 9.10. The lowest BCUT2D eigenvalue weighted by Gasteiger charge is -2.01. The highest BCUT2D eigenvalue weighted by atomic mass is 79.9. The Morgan fingerprint density at radius 3 is 2.55 bits per heavy atom. The van der Waals surface area contributed by atoms with Gasteiger partial charge in [0.2, 0.25) is 5.75 Å². The largest absolute Gasteiger partial charge is 0.502 e. The average molecular weight is 356 g/mol. The molecule has 0 radical (unpaired) electrons. The lowest BCUT2D eigenvalue weighted by atomic mass is 10.2. The third-order valence-electron chi connectivity index (χ3n) is 2.46. The summed E-state index contributed by atoms with van der Waals surface area (Å²) < 4.78 is 0.915. The normalized spacial score (nSPS) is 10.9. The molecule has 0 amide bonds. The standard InChI is InChI=1S/C13H8BrClN2O3/c14-9-1-3-11(4-2-9)16-7-8-5-10(15)6-12(13(8)18)17(19)20/h1-7,18H. The van der Waals surface area contributed by atoms with Crippen LogP contribution in [0.25, 0.3) is 0 Å². The Morgan fingerprint density at radius 2 is 1.95 bits per heavy atom. The summed E-state index contributed by atoms with van der Waals surface area (Å²) in [6.45, 7) is 0. The van der Waals surface area contributed by atoms with E-state index in [-0.39, 0.29) is 10.6 Å². The molecule has 0 unspecified atom stereocenters. The van der Waals surface area contributed by atoms with Gasteiger partial charge in [0.25, 0.3) is 0 Å². The van der Waals surface area contributed by atoms with Gasteiger partial charge in [-0.05, 0) is 30.3 Å². The number of hydrogen-bond acceptors (Lipinski definition) is 4. The molecular formula is C13H8BrClN2O3. The lowest BCUT2D eigenvalue weighted by molar-refractivity contribution is -0.385. The number of aliphatic imine (C=N–C) groups is 1. The number of nitro groups is 1. The van der Waals surface area contributed by atoms with E-state index in [9.17, 15) is 15.2 Å². The third-order valence-corrected chi connectivity index (χ3v) is 3.21. The minimum atomic E-state index is -0.696. The van der Waals surface area contributed by atoms with Crippen molar-refractivity contribution in [1.29, 1.82) is 0 Å². The highest BCUT2D eigenvalue weighted by Gasteiger charge is 2.17. The van der Waals surface area contributed by atoms with Crippen LogP contribution in [-0.4, -0.2) is 16.2 Å². The van der Waals surface area contributed by atoms with Gasteiger partial charge in [0.1, 0.15) is 0 Å². The molecule has 2 aromatic rings. The van der Waals surface area contributed by atoms with Gasteiger partial charge in [-0.15, -0.1) is 0 Å². The van der Waals surface area contributed by atoms with Crippen molar-refractivity contribution in [3.05, 3.63) is 61.6 Å². The van der Waals surface area contributed by atoms with Crippen LogP contribution in [0.4, 0.5) is 11.4 Å². The van der Waals surface area contributed by atoms with Crippen molar-refractivity contribution in [3.63, 3.8) is 0 Å². The van der Waals surface area contributed by atoms with Crippen LogP contribution in [0.1, 0.15) is 5.56 Å². The number of rotatable bonds is 3. The number of nitrogens with zero attached hydrogens (tertiary/aromatic N) is 2. The Morgan fingerprint density at radius 1 is 1.30 bits per heavy atom. The zero-order valence-electron chi connectivity index (χ0n) is 9.96. The number of halogens is 2. The number of aromatic hydroxyl groups is 1. The molecule has 0 saturated carbocycles. The first-order valence-electron chi connectivity index (χ1n) is 5.44. The van der Waals surface area contributed by atoms with Gasteiger partial charge in [0, 0.05) is 27.3 Å². The number of phenols is 1. The van der Waals surface area contributed by atoms with Crippen LogP contribution < -0.4 is 0 Å². The molecule has 0 atom stereocenters. The maximum atomic E-state index is 10.8. The molecule has 0 bridgehead atoms. The predicted octanol–water partition coefficient (Wildman–Crippen LogP) is 4.47. The van der Waals surface area contributed by atoms with Crippen molar-refractivity contribution >= 4 is 45.1 Å². The Balaban J connectivity index is 2.38. The molecule has 7 heteroatoms. The van der Waals surface area contributed by atoms with Gasteiger partial charge >= 0.3 is 5.69 Å². The van der Waals surface area contributed by atoms with Crippen molar-refractivity contribution in [1.82, 2.24) is 0 Å². The van der Waals surface area contributed by atoms with Crippen molar-refractivity contribution < 1.29 is 10.0 Å². The lowest BCUT2D eigenvalue weighted by Crippen LogP contribution is -1.92. The van der Waals surface area contributed by atoms with E-state index in [0.29, 0.717) is 5.69 Å². The third kappa shape index (κ3) is 3.34. The molecule has 1 N–H and O–H groups in total. The summed E-state index contributed by atoms with van der Waals surface area (Å²) in [4.78, 5) is 14.2. The molecule has 0 spiro atoms. The molecule has 102 valence electrons. The molecule has 0 saturated heterocycles. The smallest absolute Gasteiger partial charge is 0.312 e. The molecule has 0 heterocycles. The summed E-state index contributed by atoms with van der Waals surface area (Å²) in [6.07, 6.45) is 1.33. The van der Waals surface area contributed by atoms with Gasteiger partial charge in [-0.2, -0.15) is 0 Å². The fourth-order valence-corrected chi connectivity index (χ4v) is 2.00. The van der Waals surface area contributed by atoms with Crippen LogP contribution in [0.3, 0.4) is 0 Å². The van der Waals surface area contributed by atoms with Crippen LogP contribution in [0, 0.1) is 10.1 Å². The van der Waals surface area contributed by atoms with Crippen molar-refractivity contribution in [2.45, 2.75) is 0 Å². The van der Waals surface area contributed by atoms with E-state index in [1.165, 1.54) is 12.3 Å². The van der Waals surface area contributed by atoms with E-state index in [4.69, 9.17) is 11.6 Å². The average Bonchev–Trinajstić information content (AvgIpc) is 2.41. The fraction of sp³-hybridized carbons (Fsp3) is 0. The molecule has 0 aliphatic rings. The maximum Gasteiger partial charge on any atom is 0.312 e. The van der Waals surface area contributed by atoms with Crippen LogP contribution in [0.5, 0.6) is 5.75 Å². The Labute approximate surface area is 127 Å². The van der Waals surface area contributed by atoms with Crippen molar-refractivity contribution in [3.8, 4) is 5.75 Å². The highest BCUT2D eigenvalue weighted by Crippen LogP contribution is 2.32. The van der Waals surface area contributed by atoms with Gasteiger partial charge in [-0.3, -0.25) is 15.1 Å². The number of benzene rings is 2. The second-order valence-electron chi connectivity index (χ2n) is 3.85. The van der Waals surface area contributed by atoms with E-state index in [1.54, 1.807) is 12.1 Å². The Kier molecular flexibility index (Phi) is 4.36. The number of phenolic OH excluding ortho intramolecular Hbond substituents is 1. The molecular weight excluding hydrogens is 348 g/mol. The summed E-state index contributed by atoms with van der Waals surface area (Å²) >= 11 is 9.09. The van der Waals surface area contributed by atoms with Crippen LogP contribution in [-0.2, 0) is 0 Å². The SMILES string of the molecule is O=[N+]([O-])c1cc(Cl)cc(C=Nc2ccc(Br)cc2)c1O. The van der Waals surface area contributed by atoms with Gasteiger partial charge in [-0.25, -0.2) is 0 Å². The summed E-state index contributed by atoms with van der Waals surface area (Å²) in [5.74, 6) is -0.458. The molecule has 0 fully saturated rings. The van der Waals surface area contributed by atoms with Gasteiger partial charge in [0.15, 0.2) is 0 Å². The first-order valence-corrected chi connectivity index (χ1v) is 6.61. The van der Waals surface area contributed by atoms with Crippen LogP contribution in [0.2, 0.25) is 5.02 Å². The molecule has 2 aromatic carbocycles. The summed E-state index contributed by atoms with van der Waals surface area (Å²) in [7, 11) is 0. The topological polar surface area (TPSA) is 75.7 Å². The van der Waals surface area contributed by atoms with Gasteiger partial charge in [0.05, 0.1) is 10.6 Å². The van der Waals surface area contributed by atoms with E-state index in [0.717, 1.165) is 10.5 Å². The zero-order valence-corrected chi connectivity index (χ0v) is 12.3. The summed E-state index contributed by atoms with van der Waals surface area (Å²) in [5, 5.41) is 20.7. The summed E-state index contributed by atoms with van der Waals surface area (Å²) in [6, 6.07) is 9.65. The van der Waals surface area contributed by atoms with Gasteiger partial charge < -0.3 is 5.11 Å². The minimum absolute atomic E-state index is 0.159.